The second-order valence-corrected chi connectivity index (χ2v) is 6.28. The monoisotopic (exact) mass is 274 g/mol. The summed E-state index contributed by atoms with van der Waals surface area (Å²) in [7, 11) is -3.54. The largest absolute Gasteiger partial charge is 0.332 e. The first kappa shape index (κ1) is 15.1. The highest BCUT2D eigenvalue weighted by Crippen LogP contribution is 2.12. The van der Waals surface area contributed by atoms with Gasteiger partial charge < -0.3 is 10.7 Å². The fraction of sp³-hybridized carbons (Fsp3) is 0.727. The number of hydrogen-bond donors (Lipinski definition) is 3. The number of aromatic amines is 1. The molecule has 1 heterocycles. The van der Waals surface area contributed by atoms with Gasteiger partial charge in [0.1, 0.15) is 5.82 Å². The molecule has 0 aliphatic carbocycles. The van der Waals surface area contributed by atoms with Gasteiger partial charge in [0, 0.05) is 12.5 Å². The lowest BCUT2D eigenvalue weighted by Gasteiger charge is -2.20. The Balaban J connectivity index is 2.86. The zero-order chi connectivity index (χ0) is 13.8. The molecule has 0 bridgehead atoms. The molecule has 0 amide bonds. The van der Waals surface area contributed by atoms with Crippen molar-refractivity contribution in [2.24, 2.45) is 11.7 Å². The Labute approximate surface area is 108 Å². The topological polar surface area (TPSA) is 101 Å². The SMILES string of the molecule is CCc1ncc(S(=O)(=O)NC(CCN)C(C)C)[nH]1. The first-order chi connectivity index (χ1) is 8.40. The van der Waals surface area contributed by atoms with E-state index in [0.29, 0.717) is 25.2 Å². The third-order valence-corrected chi connectivity index (χ3v) is 4.22. The van der Waals surface area contributed by atoms with Gasteiger partial charge >= 0.3 is 0 Å². The first-order valence-corrected chi connectivity index (χ1v) is 7.65. The summed E-state index contributed by atoms with van der Waals surface area (Å²) in [5.74, 6) is 0.854. The van der Waals surface area contributed by atoms with Gasteiger partial charge in [0.25, 0.3) is 10.0 Å². The molecule has 6 nitrogen and oxygen atoms in total. The summed E-state index contributed by atoms with van der Waals surface area (Å²) in [6, 6.07) is -0.159. The molecule has 0 radical (unpaired) electrons. The van der Waals surface area contributed by atoms with E-state index in [4.69, 9.17) is 5.73 Å². The third kappa shape index (κ3) is 3.79. The number of aromatic nitrogens is 2. The molecule has 1 atom stereocenters. The second kappa shape index (κ2) is 6.31. The summed E-state index contributed by atoms with van der Waals surface area (Å²) in [6.07, 6.45) is 2.64. The molecule has 0 aliphatic rings. The minimum Gasteiger partial charge on any atom is -0.332 e. The fourth-order valence-electron chi connectivity index (χ4n) is 1.63. The molecule has 0 saturated carbocycles. The standard InChI is InChI=1S/C11H22N4O2S/c1-4-10-13-7-11(14-10)18(16,17)15-9(5-6-12)8(2)3/h7-9,15H,4-6,12H2,1-3H3,(H,13,14). The second-order valence-electron chi connectivity index (χ2n) is 4.60. The van der Waals surface area contributed by atoms with Crippen molar-refractivity contribution in [1.82, 2.24) is 14.7 Å². The number of nitrogens with one attached hydrogen (secondary N) is 2. The maximum Gasteiger partial charge on any atom is 0.257 e. The molecule has 4 N–H and O–H groups in total. The predicted molar refractivity (Wildman–Crippen MR) is 70.6 cm³/mol. The maximum atomic E-state index is 12.1. The Morgan fingerprint density at radius 1 is 1.50 bits per heavy atom. The number of aryl methyl sites for hydroxylation is 1. The molecule has 0 saturated heterocycles. The van der Waals surface area contributed by atoms with Crippen LogP contribution in [0, 0.1) is 5.92 Å². The van der Waals surface area contributed by atoms with Crippen LogP contribution < -0.4 is 10.5 Å². The van der Waals surface area contributed by atoms with E-state index in [1.807, 2.05) is 20.8 Å². The van der Waals surface area contributed by atoms with E-state index < -0.39 is 10.0 Å². The number of sulfonamides is 1. The van der Waals surface area contributed by atoms with E-state index in [-0.39, 0.29) is 17.0 Å². The molecule has 0 aromatic carbocycles. The molecule has 18 heavy (non-hydrogen) atoms. The Morgan fingerprint density at radius 3 is 2.61 bits per heavy atom. The van der Waals surface area contributed by atoms with Gasteiger partial charge in [-0.15, -0.1) is 0 Å². The summed E-state index contributed by atoms with van der Waals surface area (Å²) in [4.78, 5) is 6.80. The van der Waals surface area contributed by atoms with Crippen LogP contribution >= 0.6 is 0 Å². The van der Waals surface area contributed by atoms with Crippen molar-refractivity contribution in [3.63, 3.8) is 0 Å². The van der Waals surface area contributed by atoms with Crippen molar-refractivity contribution >= 4 is 10.0 Å². The van der Waals surface area contributed by atoms with Gasteiger partial charge in [-0.25, -0.2) is 18.1 Å². The Morgan fingerprint density at radius 2 is 2.17 bits per heavy atom. The highest BCUT2D eigenvalue weighted by molar-refractivity contribution is 7.89. The lowest BCUT2D eigenvalue weighted by atomic mass is 10.0. The molecule has 0 aliphatic heterocycles. The molecule has 1 aromatic heterocycles. The van der Waals surface area contributed by atoms with Gasteiger partial charge in [-0.05, 0) is 18.9 Å². The number of nitrogens with zero attached hydrogens (tertiary/aromatic N) is 1. The predicted octanol–water partition coefficient (Wildman–Crippen LogP) is 0.624. The normalized spacial score (nSPS) is 14.1. The van der Waals surface area contributed by atoms with Crippen LogP contribution in [-0.2, 0) is 16.4 Å². The summed E-state index contributed by atoms with van der Waals surface area (Å²) in [5, 5.41) is 0.113. The van der Waals surface area contributed by atoms with Crippen LogP contribution in [0.25, 0.3) is 0 Å². The molecule has 0 spiro atoms. The Bertz CT molecular complexity index is 467. The van der Waals surface area contributed by atoms with Gasteiger partial charge in [0.15, 0.2) is 5.03 Å². The van der Waals surface area contributed by atoms with Crippen molar-refractivity contribution in [2.45, 2.75) is 44.7 Å². The lowest BCUT2D eigenvalue weighted by Crippen LogP contribution is -2.40. The Kier molecular flexibility index (Phi) is 5.30. The molecule has 104 valence electrons. The van der Waals surface area contributed by atoms with Crippen LogP contribution in [0.15, 0.2) is 11.2 Å². The van der Waals surface area contributed by atoms with Gasteiger partial charge in [-0.3, -0.25) is 0 Å². The van der Waals surface area contributed by atoms with Crippen molar-refractivity contribution in [3.8, 4) is 0 Å². The number of imidazole rings is 1. The molecule has 0 fully saturated rings. The van der Waals surface area contributed by atoms with Crippen LogP contribution in [0.2, 0.25) is 0 Å². The van der Waals surface area contributed by atoms with E-state index in [9.17, 15) is 8.42 Å². The van der Waals surface area contributed by atoms with Crippen LogP contribution in [0.4, 0.5) is 0 Å². The zero-order valence-electron chi connectivity index (χ0n) is 11.1. The average Bonchev–Trinajstić information content (AvgIpc) is 2.77. The number of H-pyrrole nitrogens is 1. The molecule has 1 rings (SSSR count). The summed E-state index contributed by atoms with van der Waals surface area (Å²) >= 11 is 0. The molecule has 1 aromatic rings. The molecular formula is C11H22N4O2S. The van der Waals surface area contributed by atoms with E-state index in [1.54, 1.807) is 0 Å². The van der Waals surface area contributed by atoms with Crippen LogP contribution in [0.3, 0.4) is 0 Å². The van der Waals surface area contributed by atoms with Gasteiger partial charge in [-0.2, -0.15) is 0 Å². The molecule has 1 unspecified atom stereocenters. The van der Waals surface area contributed by atoms with Gasteiger partial charge in [-0.1, -0.05) is 20.8 Å². The van der Waals surface area contributed by atoms with Crippen molar-refractivity contribution < 1.29 is 8.42 Å². The van der Waals surface area contributed by atoms with E-state index in [2.05, 4.69) is 14.7 Å². The average molecular weight is 274 g/mol. The van der Waals surface area contributed by atoms with E-state index in [0.717, 1.165) is 0 Å². The fourth-order valence-corrected chi connectivity index (χ4v) is 2.99. The van der Waals surface area contributed by atoms with Crippen LogP contribution in [0.1, 0.15) is 33.0 Å². The third-order valence-electron chi connectivity index (χ3n) is 2.82. The van der Waals surface area contributed by atoms with Crippen molar-refractivity contribution in [3.05, 3.63) is 12.0 Å². The first-order valence-electron chi connectivity index (χ1n) is 6.17. The van der Waals surface area contributed by atoms with E-state index >= 15 is 0 Å². The number of rotatable bonds is 7. The van der Waals surface area contributed by atoms with Crippen molar-refractivity contribution in [2.75, 3.05) is 6.54 Å². The lowest BCUT2D eigenvalue weighted by molar-refractivity contribution is 0.428. The number of nitrogens with two attached hydrogens (primary N) is 1. The molecular weight excluding hydrogens is 252 g/mol. The minimum absolute atomic E-state index is 0.113. The highest BCUT2D eigenvalue weighted by atomic mass is 32.2. The van der Waals surface area contributed by atoms with Gasteiger partial charge in [0.2, 0.25) is 0 Å². The van der Waals surface area contributed by atoms with E-state index in [1.165, 1.54) is 6.20 Å². The van der Waals surface area contributed by atoms with Crippen molar-refractivity contribution in [1.29, 1.82) is 0 Å². The number of hydrogen-bond acceptors (Lipinski definition) is 4. The Hall–Kier alpha value is -0.920. The van der Waals surface area contributed by atoms with Gasteiger partial charge in [0.05, 0.1) is 6.20 Å². The van der Waals surface area contributed by atoms with Crippen LogP contribution in [0.5, 0.6) is 0 Å². The maximum absolute atomic E-state index is 12.1. The summed E-state index contributed by atoms with van der Waals surface area (Å²) < 4.78 is 26.9. The highest BCUT2D eigenvalue weighted by Gasteiger charge is 2.23. The quantitative estimate of drug-likeness (QED) is 0.678. The summed E-state index contributed by atoms with van der Waals surface area (Å²) in [5.41, 5.74) is 5.50. The zero-order valence-corrected chi connectivity index (χ0v) is 11.9. The van der Waals surface area contributed by atoms with Crippen LogP contribution in [-0.4, -0.2) is 31.0 Å². The minimum atomic E-state index is -3.54. The smallest absolute Gasteiger partial charge is 0.257 e. The summed E-state index contributed by atoms with van der Waals surface area (Å²) in [6.45, 7) is 6.29. The molecule has 7 heteroatoms.